The van der Waals surface area contributed by atoms with Crippen molar-refractivity contribution in [2.45, 2.75) is 26.7 Å². The van der Waals surface area contributed by atoms with Gasteiger partial charge in [0.2, 0.25) is 5.95 Å². The van der Waals surface area contributed by atoms with Gasteiger partial charge < -0.3 is 20.1 Å². The number of anilines is 3. The number of aromatic amines is 1. The number of allylic oxidation sites excluding steroid dienone is 1. The van der Waals surface area contributed by atoms with E-state index in [4.69, 9.17) is 4.98 Å². The Balaban J connectivity index is 1.21. The number of nitrogens with one attached hydrogen (secondary N) is 2. The quantitative estimate of drug-likeness (QED) is 0.403. The highest BCUT2D eigenvalue weighted by molar-refractivity contribution is 5.94. The summed E-state index contributed by atoms with van der Waals surface area (Å²) in [6.07, 6.45) is 7.88. The summed E-state index contributed by atoms with van der Waals surface area (Å²) in [5.74, 6) is 1.56. The third-order valence-corrected chi connectivity index (χ3v) is 7.42. The Bertz CT molecular complexity index is 1430. The molecule has 0 radical (unpaired) electrons. The van der Waals surface area contributed by atoms with E-state index < -0.39 is 0 Å². The van der Waals surface area contributed by atoms with Crippen molar-refractivity contribution in [2.24, 2.45) is 5.41 Å². The van der Waals surface area contributed by atoms with Crippen LogP contribution in [-0.4, -0.2) is 58.1 Å². The Hall–Kier alpha value is -3.71. The minimum Gasteiger partial charge on any atom is -0.354 e. The zero-order chi connectivity index (χ0) is 24.9. The number of piperazine rings is 1. The standard InChI is InChI=1S/C29H33N7/c1-19-14-29(2,3)15-21-13-20(5-7-23(19)21)24-17-31-27-25(24)18-32-28(34-27)33-22-6-8-26(30-16-22)36-11-9-35(4)10-12-36/h5-8,13,16-18H,1,9-12,14-15H2,2-4H3,(H2,31,32,33,34). The van der Waals surface area contributed by atoms with Crippen molar-refractivity contribution in [3.05, 3.63) is 66.6 Å². The van der Waals surface area contributed by atoms with Crippen LogP contribution in [0.5, 0.6) is 0 Å². The Labute approximate surface area is 212 Å². The number of hydrogen-bond donors (Lipinski definition) is 2. The Kier molecular flexibility index (Phi) is 5.52. The fourth-order valence-corrected chi connectivity index (χ4v) is 5.52. The molecular formula is C29H33N7. The lowest BCUT2D eigenvalue weighted by molar-refractivity contribution is 0.312. The zero-order valence-corrected chi connectivity index (χ0v) is 21.3. The van der Waals surface area contributed by atoms with Crippen molar-refractivity contribution in [2.75, 3.05) is 43.4 Å². The molecular weight excluding hydrogens is 446 g/mol. The van der Waals surface area contributed by atoms with Crippen LogP contribution in [0.25, 0.3) is 27.7 Å². The molecule has 7 heteroatoms. The first-order chi connectivity index (χ1) is 17.3. The van der Waals surface area contributed by atoms with Crippen LogP contribution in [0, 0.1) is 5.41 Å². The minimum atomic E-state index is 0.240. The number of aromatic nitrogens is 4. The fourth-order valence-electron chi connectivity index (χ4n) is 5.52. The lowest BCUT2D eigenvalue weighted by Gasteiger charge is -2.33. The maximum Gasteiger partial charge on any atom is 0.229 e. The van der Waals surface area contributed by atoms with Gasteiger partial charge in [0, 0.05) is 49.5 Å². The van der Waals surface area contributed by atoms with E-state index in [-0.39, 0.29) is 5.41 Å². The molecule has 1 fully saturated rings. The fraction of sp³-hybridized carbons (Fsp3) is 0.345. The predicted molar refractivity (Wildman–Crippen MR) is 148 cm³/mol. The SMILES string of the molecule is C=C1CC(C)(C)Cc2cc(-c3c[nH]c4nc(Nc5ccc(N6CCN(C)CC6)nc5)ncc34)ccc21. The van der Waals surface area contributed by atoms with Gasteiger partial charge in [0.1, 0.15) is 11.5 Å². The summed E-state index contributed by atoms with van der Waals surface area (Å²) in [7, 11) is 2.16. The number of hydrogen-bond acceptors (Lipinski definition) is 6. The van der Waals surface area contributed by atoms with Gasteiger partial charge in [0.15, 0.2) is 0 Å². The molecule has 1 saturated heterocycles. The number of likely N-dealkylation sites (N-methyl/N-ethyl adjacent to an activating group) is 1. The average Bonchev–Trinajstić information content (AvgIpc) is 3.27. The number of rotatable bonds is 4. The van der Waals surface area contributed by atoms with Crippen molar-refractivity contribution in [1.82, 2.24) is 24.8 Å². The van der Waals surface area contributed by atoms with E-state index in [1.807, 2.05) is 24.7 Å². The van der Waals surface area contributed by atoms with Gasteiger partial charge in [-0.15, -0.1) is 0 Å². The molecule has 2 N–H and O–H groups in total. The molecule has 0 bridgehead atoms. The van der Waals surface area contributed by atoms with Crippen molar-refractivity contribution in [1.29, 1.82) is 0 Å². The first-order valence-corrected chi connectivity index (χ1v) is 12.7. The Morgan fingerprint density at radius 3 is 2.58 bits per heavy atom. The molecule has 6 rings (SSSR count). The lowest BCUT2D eigenvalue weighted by atomic mass is 9.72. The molecule has 3 aromatic heterocycles. The summed E-state index contributed by atoms with van der Waals surface area (Å²) in [4.78, 5) is 22.0. The Morgan fingerprint density at radius 1 is 0.972 bits per heavy atom. The summed E-state index contributed by atoms with van der Waals surface area (Å²) < 4.78 is 0. The average molecular weight is 480 g/mol. The van der Waals surface area contributed by atoms with E-state index in [0.29, 0.717) is 5.95 Å². The van der Waals surface area contributed by atoms with Gasteiger partial charge in [0.25, 0.3) is 0 Å². The van der Waals surface area contributed by atoms with Gasteiger partial charge in [-0.2, -0.15) is 4.98 Å². The summed E-state index contributed by atoms with van der Waals surface area (Å²) in [6.45, 7) is 13.1. The summed E-state index contributed by atoms with van der Waals surface area (Å²) in [6, 6.07) is 10.8. The number of pyridine rings is 1. The van der Waals surface area contributed by atoms with Gasteiger partial charge >= 0.3 is 0 Å². The van der Waals surface area contributed by atoms with Crippen molar-refractivity contribution in [3.63, 3.8) is 0 Å². The highest BCUT2D eigenvalue weighted by atomic mass is 15.3. The maximum atomic E-state index is 4.72. The van der Waals surface area contributed by atoms with Crippen LogP contribution in [0.15, 0.2) is 55.5 Å². The number of H-pyrrole nitrogens is 1. The van der Waals surface area contributed by atoms with Crippen LogP contribution < -0.4 is 10.2 Å². The van der Waals surface area contributed by atoms with Gasteiger partial charge in [-0.1, -0.05) is 38.6 Å². The zero-order valence-electron chi connectivity index (χ0n) is 21.3. The van der Waals surface area contributed by atoms with Gasteiger partial charge in [0.05, 0.1) is 11.9 Å². The summed E-state index contributed by atoms with van der Waals surface area (Å²) in [5.41, 5.74) is 8.12. The molecule has 0 atom stereocenters. The van der Waals surface area contributed by atoms with Crippen molar-refractivity contribution >= 4 is 34.1 Å². The number of fused-ring (bicyclic) bond motifs is 2. The van der Waals surface area contributed by atoms with Gasteiger partial charge in [-0.3, -0.25) is 0 Å². The summed E-state index contributed by atoms with van der Waals surface area (Å²) in [5, 5.41) is 4.31. The van der Waals surface area contributed by atoms with E-state index in [0.717, 1.165) is 67.1 Å². The van der Waals surface area contributed by atoms with E-state index in [2.05, 4.69) is 81.8 Å². The van der Waals surface area contributed by atoms with Crippen LogP contribution >= 0.6 is 0 Å². The second-order valence-corrected chi connectivity index (χ2v) is 11.0. The van der Waals surface area contributed by atoms with Crippen LogP contribution in [0.2, 0.25) is 0 Å². The van der Waals surface area contributed by atoms with E-state index in [1.165, 1.54) is 22.3 Å². The van der Waals surface area contributed by atoms with E-state index in [1.54, 1.807) is 0 Å². The highest BCUT2D eigenvalue weighted by Crippen LogP contribution is 2.42. The normalized spacial score (nSPS) is 17.9. The van der Waals surface area contributed by atoms with E-state index in [9.17, 15) is 0 Å². The highest BCUT2D eigenvalue weighted by Gasteiger charge is 2.28. The van der Waals surface area contributed by atoms with Crippen molar-refractivity contribution in [3.8, 4) is 11.1 Å². The first kappa shape index (κ1) is 22.7. The van der Waals surface area contributed by atoms with Gasteiger partial charge in [-0.25, -0.2) is 9.97 Å². The molecule has 1 aliphatic heterocycles. The first-order valence-electron chi connectivity index (χ1n) is 12.7. The second-order valence-electron chi connectivity index (χ2n) is 11.0. The molecule has 1 aliphatic carbocycles. The molecule has 0 unspecified atom stereocenters. The largest absolute Gasteiger partial charge is 0.354 e. The molecule has 2 aliphatic rings. The second kappa shape index (κ2) is 8.75. The van der Waals surface area contributed by atoms with Crippen molar-refractivity contribution < 1.29 is 0 Å². The topological polar surface area (TPSA) is 73.0 Å². The molecule has 0 amide bonds. The van der Waals surface area contributed by atoms with Crippen LogP contribution in [0.1, 0.15) is 31.4 Å². The third kappa shape index (κ3) is 4.35. The molecule has 4 aromatic rings. The molecule has 184 valence electrons. The molecule has 4 heterocycles. The molecule has 0 saturated carbocycles. The predicted octanol–water partition coefficient (Wildman–Crippen LogP) is 5.50. The van der Waals surface area contributed by atoms with Crippen LogP contribution in [0.4, 0.5) is 17.5 Å². The lowest BCUT2D eigenvalue weighted by Crippen LogP contribution is -2.44. The van der Waals surface area contributed by atoms with Crippen LogP contribution in [-0.2, 0) is 6.42 Å². The van der Waals surface area contributed by atoms with Crippen LogP contribution in [0.3, 0.4) is 0 Å². The number of nitrogens with zero attached hydrogens (tertiary/aromatic N) is 5. The monoisotopic (exact) mass is 479 g/mol. The van der Waals surface area contributed by atoms with Gasteiger partial charge in [-0.05, 0) is 59.7 Å². The maximum absolute atomic E-state index is 4.72. The molecule has 36 heavy (non-hydrogen) atoms. The third-order valence-electron chi connectivity index (χ3n) is 7.42. The number of benzene rings is 1. The summed E-state index contributed by atoms with van der Waals surface area (Å²) >= 11 is 0. The molecule has 7 nitrogen and oxygen atoms in total. The minimum absolute atomic E-state index is 0.240. The smallest absolute Gasteiger partial charge is 0.229 e. The van der Waals surface area contributed by atoms with E-state index >= 15 is 0 Å². The Morgan fingerprint density at radius 2 is 1.81 bits per heavy atom. The molecule has 0 spiro atoms. The molecule has 1 aromatic carbocycles.